The van der Waals surface area contributed by atoms with E-state index in [2.05, 4.69) is 22.3 Å². The second-order valence-corrected chi connectivity index (χ2v) is 4.50. The molecule has 0 saturated heterocycles. The first-order valence-corrected chi connectivity index (χ1v) is 6.95. The van der Waals surface area contributed by atoms with Crippen LogP contribution in [0.1, 0.15) is 30.1 Å². The van der Waals surface area contributed by atoms with Crippen LogP contribution < -0.4 is 10.6 Å². The molecular formula is C16H19N3O3. The Morgan fingerprint density at radius 2 is 2.18 bits per heavy atom. The van der Waals surface area contributed by atoms with E-state index in [1.807, 2.05) is 0 Å². The number of carbonyl (C=O) groups is 2. The Labute approximate surface area is 129 Å². The molecular weight excluding hydrogens is 282 g/mol. The fraction of sp³-hybridized carbons (Fsp3) is 0.312. The van der Waals surface area contributed by atoms with Gasteiger partial charge in [-0.15, -0.1) is 0 Å². The van der Waals surface area contributed by atoms with Gasteiger partial charge in [-0.2, -0.15) is 5.26 Å². The molecule has 1 aromatic rings. The van der Waals surface area contributed by atoms with Crippen LogP contribution in [-0.2, 0) is 9.53 Å². The topological polar surface area (TPSA) is 91.2 Å². The molecule has 6 nitrogen and oxygen atoms in total. The maximum atomic E-state index is 11.9. The molecule has 0 fully saturated rings. The highest BCUT2D eigenvalue weighted by atomic mass is 16.5. The van der Waals surface area contributed by atoms with Crippen LogP contribution in [0, 0.1) is 11.3 Å². The van der Waals surface area contributed by atoms with Crippen molar-refractivity contribution < 1.29 is 14.3 Å². The molecule has 6 heteroatoms. The average Bonchev–Trinajstić information content (AvgIpc) is 2.55. The minimum absolute atomic E-state index is 0.152. The summed E-state index contributed by atoms with van der Waals surface area (Å²) in [6.07, 6.45) is 3.19. The van der Waals surface area contributed by atoms with Crippen LogP contribution in [0.15, 0.2) is 36.0 Å². The molecule has 2 N–H and O–H groups in total. The number of ether oxygens (including phenoxy) is 1. The highest BCUT2D eigenvalue weighted by Crippen LogP contribution is 2.11. The van der Waals surface area contributed by atoms with Crippen molar-refractivity contribution in [2.45, 2.75) is 19.8 Å². The summed E-state index contributed by atoms with van der Waals surface area (Å²) in [7, 11) is 1.20. The molecule has 0 heterocycles. The number of hydrogen-bond donors (Lipinski definition) is 2. The molecule has 0 saturated carbocycles. The lowest BCUT2D eigenvalue weighted by Gasteiger charge is -2.07. The number of esters is 1. The molecule has 0 aliphatic rings. The van der Waals surface area contributed by atoms with Crippen molar-refractivity contribution in [3.63, 3.8) is 0 Å². The van der Waals surface area contributed by atoms with E-state index in [1.54, 1.807) is 30.3 Å². The number of hydrogen-bond acceptors (Lipinski definition) is 5. The number of amides is 1. The first-order valence-electron chi connectivity index (χ1n) is 6.95. The second kappa shape index (κ2) is 9.19. The van der Waals surface area contributed by atoms with Crippen LogP contribution in [0.2, 0.25) is 0 Å². The van der Waals surface area contributed by atoms with E-state index in [1.165, 1.54) is 13.3 Å². The summed E-state index contributed by atoms with van der Waals surface area (Å²) in [5, 5.41) is 14.5. The highest BCUT2D eigenvalue weighted by molar-refractivity contribution is 5.95. The molecule has 0 spiro atoms. The third-order valence-corrected chi connectivity index (χ3v) is 2.85. The van der Waals surface area contributed by atoms with Gasteiger partial charge in [-0.05, 0) is 24.6 Å². The van der Waals surface area contributed by atoms with Crippen molar-refractivity contribution in [1.29, 1.82) is 5.26 Å². The van der Waals surface area contributed by atoms with Crippen LogP contribution in [0.5, 0.6) is 0 Å². The quantitative estimate of drug-likeness (QED) is 0.349. The predicted octanol–water partition coefficient (Wildman–Crippen LogP) is 2.21. The number of carbonyl (C=O) groups excluding carboxylic acids is 2. The maximum absolute atomic E-state index is 11.9. The fourth-order valence-corrected chi connectivity index (χ4v) is 1.63. The maximum Gasteiger partial charge on any atom is 0.350 e. The zero-order valence-electron chi connectivity index (χ0n) is 12.7. The molecule has 1 aromatic carbocycles. The molecule has 22 heavy (non-hydrogen) atoms. The summed E-state index contributed by atoms with van der Waals surface area (Å²) < 4.78 is 4.47. The lowest BCUT2D eigenvalue weighted by atomic mass is 10.2. The lowest BCUT2D eigenvalue weighted by Crippen LogP contribution is -2.24. The monoisotopic (exact) mass is 301 g/mol. The van der Waals surface area contributed by atoms with Gasteiger partial charge in [-0.3, -0.25) is 4.79 Å². The van der Waals surface area contributed by atoms with Crippen molar-refractivity contribution in [3.8, 4) is 6.07 Å². The van der Waals surface area contributed by atoms with Gasteiger partial charge in [0.2, 0.25) is 0 Å². The standard InChI is InChI=1S/C16H19N3O3/c1-3-4-8-18-15(20)12-6-5-7-14(9-12)19-11-13(10-17)16(21)22-2/h5-7,9,11,19H,3-4,8H2,1-2H3,(H,18,20)/b13-11+. The van der Waals surface area contributed by atoms with Crippen molar-refractivity contribution in [2.75, 3.05) is 19.0 Å². The number of methoxy groups -OCH3 is 1. The van der Waals surface area contributed by atoms with E-state index < -0.39 is 5.97 Å². The van der Waals surface area contributed by atoms with Gasteiger partial charge in [0.25, 0.3) is 5.91 Å². The number of nitrogens with one attached hydrogen (secondary N) is 2. The first kappa shape index (κ1) is 17.2. The summed E-state index contributed by atoms with van der Waals surface area (Å²) in [6.45, 7) is 2.69. The number of nitriles is 1. The highest BCUT2D eigenvalue weighted by Gasteiger charge is 2.08. The number of nitrogens with zero attached hydrogens (tertiary/aromatic N) is 1. The minimum atomic E-state index is -0.719. The molecule has 1 rings (SSSR count). The van der Waals surface area contributed by atoms with Crippen molar-refractivity contribution in [3.05, 3.63) is 41.6 Å². The molecule has 0 aliphatic carbocycles. The van der Waals surface area contributed by atoms with Gasteiger partial charge in [0.05, 0.1) is 7.11 Å². The van der Waals surface area contributed by atoms with Crippen LogP contribution in [-0.4, -0.2) is 25.5 Å². The fourth-order valence-electron chi connectivity index (χ4n) is 1.63. The van der Waals surface area contributed by atoms with E-state index >= 15 is 0 Å². The lowest BCUT2D eigenvalue weighted by molar-refractivity contribution is -0.135. The molecule has 1 amide bonds. The molecule has 0 radical (unpaired) electrons. The third kappa shape index (κ3) is 5.29. The summed E-state index contributed by atoms with van der Waals surface area (Å²) in [5.41, 5.74) is 0.950. The van der Waals surface area contributed by atoms with E-state index in [4.69, 9.17) is 5.26 Å². The minimum Gasteiger partial charge on any atom is -0.465 e. The summed E-state index contributed by atoms with van der Waals surface area (Å²) >= 11 is 0. The molecule has 0 aromatic heterocycles. The van der Waals surface area contributed by atoms with E-state index in [0.717, 1.165) is 12.8 Å². The zero-order valence-corrected chi connectivity index (χ0v) is 12.7. The van der Waals surface area contributed by atoms with Crippen molar-refractivity contribution >= 4 is 17.6 Å². The van der Waals surface area contributed by atoms with E-state index in [9.17, 15) is 9.59 Å². The first-order chi connectivity index (χ1) is 10.6. The zero-order chi connectivity index (χ0) is 16.4. The van der Waals surface area contributed by atoms with Gasteiger partial charge in [-0.1, -0.05) is 19.4 Å². The van der Waals surface area contributed by atoms with Gasteiger partial charge >= 0.3 is 5.97 Å². The van der Waals surface area contributed by atoms with Gasteiger partial charge in [0.1, 0.15) is 6.07 Å². The van der Waals surface area contributed by atoms with Gasteiger partial charge < -0.3 is 15.4 Å². The van der Waals surface area contributed by atoms with Crippen LogP contribution in [0.25, 0.3) is 0 Å². The number of benzene rings is 1. The number of unbranched alkanes of at least 4 members (excludes halogenated alkanes) is 1. The predicted molar refractivity (Wildman–Crippen MR) is 83.0 cm³/mol. The van der Waals surface area contributed by atoms with Crippen LogP contribution in [0.4, 0.5) is 5.69 Å². The summed E-state index contributed by atoms with van der Waals surface area (Å²) in [6, 6.07) is 8.52. The Hall–Kier alpha value is -2.81. The van der Waals surface area contributed by atoms with E-state index in [0.29, 0.717) is 17.8 Å². The Morgan fingerprint density at radius 1 is 1.41 bits per heavy atom. The summed E-state index contributed by atoms with van der Waals surface area (Å²) in [4.78, 5) is 23.2. The summed E-state index contributed by atoms with van der Waals surface area (Å²) in [5.74, 6) is -0.877. The average molecular weight is 301 g/mol. The molecule has 116 valence electrons. The van der Waals surface area contributed by atoms with Gasteiger partial charge in [0.15, 0.2) is 5.57 Å². The Kier molecular flexibility index (Phi) is 7.20. The van der Waals surface area contributed by atoms with Crippen LogP contribution >= 0.6 is 0 Å². The van der Waals surface area contributed by atoms with E-state index in [-0.39, 0.29) is 11.5 Å². The molecule has 0 unspecified atom stereocenters. The number of anilines is 1. The van der Waals surface area contributed by atoms with Crippen molar-refractivity contribution in [2.24, 2.45) is 0 Å². The van der Waals surface area contributed by atoms with Gasteiger partial charge in [0, 0.05) is 24.0 Å². The Bertz CT molecular complexity index is 603. The SMILES string of the molecule is CCCCNC(=O)c1cccc(N/C=C(\C#N)C(=O)OC)c1. The largest absolute Gasteiger partial charge is 0.465 e. The third-order valence-electron chi connectivity index (χ3n) is 2.85. The Balaban J connectivity index is 2.76. The molecule has 0 atom stereocenters. The molecule has 0 bridgehead atoms. The van der Waals surface area contributed by atoms with Crippen molar-refractivity contribution in [1.82, 2.24) is 5.32 Å². The Morgan fingerprint density at radius 3 is 2.82 bits per heavy atom. The van der Waals surface area contributed by atoms with Gasteiger partial charge in [-0.25, -0.2) is 4.79 Å². The van der Waals surface area contributed by atoms with Crippen LogP contribution in [0.3, 0.4) is 0 Å². The molecule has 0 aliphatic heterocycles. The number of rotatable bonds is 7. The smallest absolute Gasteiger partial charge is 0.350 e. The second-order valence-electron chi connectivity index (χ2n) is 4.50. The normalized spacial score (nSPS) is 10.5.